The summed E-state index contributed by atoms with van der Waals surface area (Å²) in [5.74, 6) is 1.14. The largest absolute Gasteiger partial charge is 0.421 e. The van der Waals surface area contributed by atoms with E-state index in [1.807, 2.05) is 52.1 Å². The van der Waals surface area contributed by atoms with Crippen molar-refractivity contribution in [1.82, 2.24) is 20.4 Å². The van der Waals surface area contributed by atoms with Crippen LogP contribution < -0.4 is 5.32 Å². The number of hydrogen-bond donors (Lipinski definition) is 1. The normalized spacial score (nSPS) is 14.5. The topological polar surface area (TPSA) is 88.3 Å². The fourth-order valence-electron chi connectivity index (χ4n) is 3.71. The van der Waals surface area contributed by atoms with Gasteiger partial charge in [0.2, 0.25) is 23.6 Å². The Morgan fingerprint density at radius 1 is 1.06 bits per heavy atom. The van der Waals surface area contributed by atoms with Gasteiger partial charge in [-0.25, -0.2) is 0 Å². The minimum atomic E-state index is 0.0754. The van der Waals surface area contributed by atoms with Crippen LogP contribution in [0.4, 0.5) is 0 Å². The van der Waals surface area contributed by atoms with Crippen molar-refractivity contribution in [1.29, 1.82) is 0 Å². The maximum Gasteiger partial charge on any atom is 0.248 e. The van der Waals surface area contributed by atoms with Gasteiger partial charge in [0, 0.05) is 49.3 Å². The lowest BCUT2D eigenvalue weighted by Gasteiger charge is -2.32. The second-order valence-corrected chi connectivity index (χ2v) is 8.50. The van der Waals surface area contributed by atoms with Gasteiger partial charge in [-0.15, -0.1) is 10.2 Å². The maximum atomic E-state index is 12.5. The van der Waals surface area contributed by atoms with Crippen molar-refractivity contribution in [2.24, 2.45) is 0 Å². The van der Waals surface area contributed by atoms with Crippen LogP contribution in [0.15, 0.2) is 51.6 Å². The van der Waals surface area contributed by atoms with Crippen LogP contribution in [0.2, 0.25) is 0 Å². The summed E-state index contributed by atoms with van der Waals surface area (Å²) < 4.78 is 5.65. The van der Waals surface area contributed by atoms with Gasteiger partial charge in [0.05, 0.1) is 0 Å². The maximum absolute atomic E-state index is 12.5. The van der Waals surface area contributed by atoms with Crippen molar-refractivity contribution in [2.45, 2.75) is 44.6 Å². The van der Waals surface area contributed by atoms with Crippen molar-refractivity contribution in [2.75, 3.05) is 13.1 Å². The standard InChI is InChI=1S/C23H26N4O3S/c28-20(7-6-17-4-2-1-3-5-17)24-19-10-13-27(14-11-19)22(29)9-8-21-25-26-23(30-21)18-12-15-31-16-18/h1-5,12,15-16,19H,6-11,13-14H2,(H,24,28). The van der Waals surface area contributed by atoms with Crippen LogP contribution in [0.5, 0.6) is 0 Å². The summed E-state index contributed by atoms with van der Waals surface area (Å²) in [5, 5.41) is 15.1. The van der Waals surface area contributed by atoms with Gasteiger partial charge in [-0.1, -0.05) is 30.3 Å². The van der Waals surface area contributed by atoms with Crippen LogP contribution in [-0.2, 0) is 22.4 Å². The van der Waals surface area contributed by atoms with E-state index in [1.165, 1.54) is 5.56 Å². The molecule has 1 aliphatic heterocycles. The number of amides is 2. The van der Waals surface area contributed by atoms with Crippen molar-refractivity contribution < 1.29 is 14.0 Å². The third-order valence-electron chi connectivity index (χ3n) is 5.48. The summed E-state index contributed by atoms with van der Waals surface area (Å²) >= 11 is 1.57. The molecular weight excluding hydrogens is 412 g/mol. The number of hydrogen-bond acceptors (Lipinski definition) is 6. The summed E-state index contributed by atoms with van der Waals surface area (Å²) in [5.41, 5.74) is 2.07. The molecule has 7 nitrogen and oxygen atoms in total. The van der Waals surface area contributed by atoms with Crippen LogP contribution >= 0.6 is 11.3 Å². The lowest BCUT2D eigenvalue weighted by Crippen LogP contribution is -2.46. The number of thiophene rings is 1. The van der Waals surface area contributed by atoms with E-state index in [2.05, 4.69) is 15.5 Å². The highest BCUT2D eigenvalue weighted by molar-refractivity contribution is 7.08. The highest BCUT2D eigenvalue weighted by Crippen LogP contribution is 2.21. The van der Waals surface area contributed by atoms with E-state index >= 15 is 0 Å². The molecular formula is C23H26N4O3S. The minimum absolute atomic E-state index is 0.0754. The molecule has 2 aromatic heterocycles. The van der Waals surface area contributed by atoms with E-state index in [1.54, 1.807) is 11.3 Å². The number of piperidine rings is 1. The quantitative estimate of drug-likeness (QED) is 0.582. The number of likely N-dealkylation sites (tertiary alicyclic amines) is 1. The minimum Gasteiger partial charge on any atom is -0.421 e. The summed E-state index contributed by atoms with van der Waals surface area (Å²) in [6, 6.07) is 12.1. The molecule has 8 heteroatoms. The van der Waals surface area contributed by atoms with E-state index in [0.717, 1.165) is 24.8 Å². The van der Waals surface area contributed by atoms with Crippen LogP contribution in [-0.4, -0.2) is 46.0 Å². The molecule has 0 spiro atoms. The Morgan fingerprint density at radius 2 is 1.87 bits per heavy atom. The van der Waals surface area contributed by atoms with E-state index in [9.17, 15) is 9.59 Å². The lowest BCUT2D eigenvalue weighted by molar-refractivity contribution is -0.132. The molecule has 3 aromatic rings. The lowest BCUT2D eigenvalue weighted by atomic mass is 10.0. The number of carbonyl (C=O) groups excluding carboxylic acids is 2. The number of carbonyl (C=O) groups is 2. The van der Waals surface area contributed by atoms with Crippen LogP contribution in [0.3, 0.4) is 0 Å². The Hall–Kier alpha value is -3.00. The SMILES string of the molecule is O=C(CCc1ccccc1)NC1CCN(C(=O)CCc2nnc(-c3ccsc3)o2)CC1. The molecule has 1 aliphatic rings. The Balaban J connectivity index is 1.15. The molecule has 31 heavy (non-hydrogen) atoms. The van der Waals surface area contributed by atoms with Crippen LogP contribution in [0.1, 0.15) is 37.1 Å². The van der Waals surface area contributed by atoms with Crippen LogP contribution in [0, 0.1) is 0 Å². The summed E-state index contributed by atoms with van der Waals surface area (Å²) in [7, 11) is 0. The van der Waals surface area contributed by atoms with E-state index in [4.69, 9.17) is 4.42 Å². The predicted octanol–water partition coefficient (Wildman–Crippen LogP) is 3.47. The van der Waals surface area contributed by atoms with Crippen LogP contribution in [0.25, 0.3) is 11.5 Å². The first-order chi connectivity index (χ1) is 15.2. The van der Waals surface area contributed by atoms with Gasteiger partial charge >= 0.3 is 0 Å². The smallest absolute Gasteiger partial charge is 0.248 e. The highest BCUT2D eigenvalue weighted by atomic mass is 32.1. The zero-order valence-electron chi connectivity index (χ0n) is 17.3. The van der Waals surface area contributed by atoms with Crippen molar-refractivity contribution in [3.8, 4) is 11.5 Å². The van der Waals surface area contributed by atoms with Gasteiger partial charge in [0.15, 0.2) is 0 Å². The Morgan fingerprint density at radius 3 is 2.61 bits per heavy atom. The summed E-state index contributed by atoms with van der Waals surface area (Å²) in [6.45, 7) is 1.32. The van der Waals surface area contributed by atoms with E-state index < -0.39 is 0 Å². The first kappa shape index (κ1) is 21.2. The Bertz CT molecular complexity index is 979. The number of aromatic nitrogens is 2. The zero-order valence-corrected chi connectivity index (χ0v) is 18.1. The Kier molecular flexibility index (Phi) is 7.09. The molecule has 1 fully saturated rings. The number of rotatable bonds is 8. The molecule has 0 saturated carbocycles. The molecule has 162 valence electrons. The van der Waals surface area contributed by atoms with Gasteiger partial charge in [-0.3, -0.25) is 9.59 Å². The third-order valence-corrected chi connectivity index (χ3v) is 6.17. The monoisotopic (exact) mass is 438 g/mol. The number of nitrogens with one attached hydrogen (secondary N) is 1. The van der Waals surface area contributed by atoms with E-state index in [-0.39, 0.29) is 17.9 Å². The molecule has 0 bridgehead atoms. The second-order valence-electron chi connectivity index (χ2n) is 7.72. The predicted molar refractivity (Wildman–Crippen MR) is 118 cm³/mol. The zero-order chi connectivity index (χ0) is 21.5. The Labute approximate surface area is 185 Å². The number of nitrogens with zero attached hydrogens (tertiary/aromatic N) is 3. The van der Waals surface area contributed by atoms with Gasteiger partial charge in [0.1, 0.15) is 0 Å². The van der Waals surface area contributed by atoms with Gasteiger partial charge in [-0.05, 0) is 36.3 Å². The molecule has 1 N–H and O–H groups in total. The first-order valence-electron chi connectivity index (χ1n) is 10.6. The molecule has 0 unspecified atom stereocenters. The summed E-state index contributed by atoms with van der Waals surface area (Å²) in [4.78, 5) is 26.6. The molecule has 1 saturated heterocycles. The molecule has 0 radical (unpaired) electrons. The van der Waals surface area contributed by atoms with Crippen molar-refractivity contribution in [3.63, 3.8) is 0 Å². The molecule has 2 amide bonds. The molecule has 0 atom stereocenters. The first-order valence-corrected chi connectivity index (χ1v) is 11.6. The number of benzene rings is 1. The molecule has 3 heterocycles. The summed E-state index contributed by atoms with van der Waals surface area (Å²) in [6.07, 6.45) is 3.58. The van der Waals surface area contributed by atoms with Gasteiger partial charge < -0.3 is 14.6 Å². The van der Waals surface area contributed by atoms with Gasteiger partial charge in [0.25, 0.3) is 0 Å². The molecule has 0 aliphatic carbocycles. The highest BCUT2D eigenvalue weighted by Gasteiger charge is 2.24. The molecule has 1 aromatic carbocycles. The fourth-order valence-corrected chi connectivity index (χ4v) is 4.33. The number of aryl methyl sites for hydroxylation is 2. The second kappa shape index (κ2) is 10.3. The van der Waals surface area contributed by atoms with E-state index in [0.29, 0.717) is 44.1 Å². The van der Waals surface area contributed by atoms with Gasteiger partial charge in [-0.2, -0.15) is 11.3 Å². The fraction of sp³-hybridized carbons (Fsp3) is 0.391. The van der Waals surface area contributed by atoms with Crippen molar-refractivity contribution in [3.05, 3.63) is 58.6 Å². The third kappa shape index (κ3) is 6.01. The average Bonchev–Trinajstić information content (AvgIpc) is 3.49. The van der Waals surface area contributed by atoms with Crippen molar-refractivity contribution >= 4 is 23.2 Å². The molecule has 4 rings (SSSR count). The average molecular weight is 439 g/mol.